The van der Waals surface area contributed by atoms with Crippen LogP contribution in [0.2, 0.25) is 0 Å². The van der Waals surface area contributed by atoms with E-state index in [2.05, 4.69) is 20.8 Å². The largest absolute Gasteiger partial charge is 0.380 e. The van der Waals surface area contributed by atoms with Gasteiger partial charge in [-0.1, -0.05) is 66.6 Å². The Kier molecular flexibility index (Phi) is 3.59. The van der Waals surface area contributed by atoms with Crippen LogP contribution >= 0.6 is 11.6 Å². The molecule has 3 rings (SSSR count). The van der Waals surface area contributed by atoms with E-state index in [0.29, 0.717) is 5.92 Å². The molecular weight excluding hydrogens is 280 g/mol. The molecular formula is C19H21ClO. The normalized spacial score (nSPS) is 24.9. The molecule has 0 heterocycles. The Hall–Kier alpha value is -1.31. The lowest BCUT2D eigenvalue weighted by atomic mass is 9.81. The zero-order valence-electron chi connectivity index (χ0n) is 12.7. The first-order valence-electron chi connectivity index (χ1n) is 7.45. The van der Waals surface area contributed by atoms with Crippen LogP contribution in [0.3, 0.4) is 0 Å². The average molecular weight is 301 g/mol. The number of aliphatic hydroxyl groups is 1. The van der Waals surface area contributed by atoms with Crippen molar-refractivity contribution in [2.75, 3.05) is 0 Å². The fourth-order valence-corrected chi connectivity index (χ4v) is 3.68. The Morgan fingerprint density at radius 3 is 1.48 bits per heavy atom. The van der Waals surface area contributed by atoms with Crippen molar-refractivity contribution in [2.45, 2.75) is 31.7 Å². The van der Waals surface area contributed by atoms with Gasteiger partial charge >= 0.3 is 0 Å². The molecule has 0 radical (unpaired) electrons. The summed E-state index contributed by atoms with van der Waals surface area (Å²) in [7, 11) is 0. The highest BCUT2D eigenvalue weighted by Crippen LogP contribution is 2.56. The minimum atomic E-state index is -1.01. The second-order valence-corrected chi connectivity index (χ2v) is 6.83. The van der Waals surface area contributed by atoms with E-state index in [1.54, 1.807) is 0 Å². The SMILES string of the molecule is Cc1ccc(C(O)(c2ccc(C)cc2)[C@@H]2[C@@H](C)[C@H]2Cl)cc1. The van der Waals surface area contributed by atoms with Gasteiger partial charge < -0.3 is 5.11 Å². The van der Waals surface area contributed by atoms with Crippen molar-refractivity contribution < 1.29 is 5.11 Å². The Balaban J connectivity index is 2.11. The van der Waals surface area contributed by atoms with Crippen molar-refractivity contribution in [3.8, 4) is 0 Å². The van der Waals surface area contributed by atoms with Crippen LogP contribution in [0.5, 0.6) is 0 Å². The molecule has 2 aromatic rings. The number of rotatable bonds is 3. The van der Waals surface area contributed by atoms with Crippen LogP contribution in [0.1, 0.15) is 29.2 Å². The summed E-state index contributed by atoms with van der Waals surface area (Å²) < 4.78 is 0. The van der Waals surface area contributed by atoms with Crippen LogP contribution in [-0.2, 0) is 5.60 Å². The van der Waals surface area contributed by atoms with E-state index in [1.165, 1.54) is 11.1 Å². The molecule has 110 valence electrons. The quantitative estimate of drug-likeness (QED) is 0.832. The van der Waals surface area contributed by atoms with Crippen molar-refractivity contribution in [3.05, 3.63) is 70.8 Å². The van der Waals surface area contributed by atoms with Crippen LogP contribution in [0, 0.1) is 25.7 Å². The highest BCUT2D eigenvalue weighted by molar-refractivity contribution is 6.23. The maximum atomic E-state index is 11.5. The fourth-order valence-electron chi connectivity index (χ4n) is 3.19. The fraction of sp³-hybridized carbons (Fsp3) is 0.368. The summed E-state index contributed by atoms with van der Waals surface area (Å²) in [5, 5.41) is 11.6. The van der Waals surface area contributed by atoms with E-state index < -0.39 is 5.60 Å². The van der Waals surface area contributed by atoms with Gasteiger partial charge in [0.1, 0.15) is 5.60 Å². The lowest BCUT2D eigenvalue weighted by molar-refractivity contribution is 0.0518. The summed E-state index contributed by atoms with van der Waals surface area (Å²) in [6.07, 6.45) is 0. The summed E-state index contributed by atoms with van der Waals surface area (Å²) in [6, 6.07) is 16.3. The third kappa shape index (κ3) is 2.39. The molecule has 1 aliphatic carbocycles. The number of alkyl halides is 1. The zero-order valence-corrected chi connectivity index (χ0v) is 13.4. The molecule has 1 saturated carbocycles. The first-order valence-corrected chi connectivity index (χ1v) is 7.89. The van der Waals surface area contributed by atoms with Crippen molar-refractivity contribution in [1.29, 1.82) is 0 Å². The van der Waals surface area contributed by atoms with Crippen LogP contribution in [0.15, 0.2) is 48.5 Å². The van der Waals surface area contributed by atoms with Gasteiger partial charge in [-0.15, -0.1) is 11.6 Å². The second-order valence-electron chi connectivity index (χ2n) is 6.33. The van der Waals surface area contributed by atoms with Gasteiger partial charge in [-0.3, -0.25) is 0 Å². The van der Waals surface area contributed by atoms with Gasteiger partial charge in [0.25, 0.3) is 0 Å². The molecule has 0 bridgehead atoms. The zero-order chi connectivity index (χ0) is 15.2. The van der Waals surface area contributed by atoms with E-state index in [1.807, 2.05) is 48.5 Å². The highest BCUT2D eigenvalue weighted by atomic mass is 35.5. The molecule has 1 nitrogen and oxygen atoms in total. The van der Waals surface area contributed by atoms with E-state index >= 15 is 0 Å². The molecule has 0 aliphatic heterocycles. The first-order chi connectivity index (χ1) is 9.94. The number of benzene rings is 2. The van der Waals surface area contributed by atoms with Crippen molar-refractivity contribution >= 4 is 11.6 Å². The lowest BCUT2D eigenvalue weighted by Gasteiger charge is -2.30. The molecule has 3 atom stereocenters. The van der Waals surface area contributed by atoms with Gasteiger partial charge in [0, 0.05) is 11.3 Å². The number of halogens is 1. The third-order valence-electron chi connectivity index (χ3n) is 4.74. The van der Waals surface area contributed by atoms with Gasteiger partial charge in [0.15, 0.2) is 0 Å². The van der Waals surface area contributed by atoms with Gasteiger partial charge in [0.05, 0.1) is 0 Å². The molecule has 0 aromatic heterocycles. The molecule has 21 heavy (non-hydrogen) atoms. The number of hydrogen-bond donors (Lipinski definition) is 1. The second kappa shape index (κ2) is 5.15. The minimum absolute atomic E-state index is 0.0256. The molecule has 0 amide bonds. The van der Waals surface area contributed by atoms with Crippen LogP contribution in [0.4, 0.5) is 0 Å². The van der Waals surface area contributed by atoms with Crippen molar-refractivity contribution in [3.63, 3.8) is 0 Å². The van der Waals surface area contributed by atoms with Crippen molar-refractivity contribution in [1.82, 2.24) is 0 Å². The summed E-state index contributed by atoms with van der Waals surface area (Å²) in [5.74, 6) is 0.379. The first kappa shape index (κ1) is 14.6. The predicted octanol–water partition coefficient (Wildman–Crippen LogP) is 4.41. The van der Waals surface area contributed by atoms with Gasteiger partial charge in [0.2, 0.25) is 0 Å². The van der Waals surface area contributed by atoms with Crippen molar-refractivity contribution in [2.24, 2.45) is 11.8 Å². The maximum Gasteiger partial charge on any atom is 0.119 e. The smallest absolute Gasteiger partial charge is 0.119 e. The maximum absolute atomic E-state index is 11.5. The molecule has 0 saturated heterocycles. The molecule has 1 N–H and O–H groups in total. The summed E-state index contributed by atoms with van der Waals surface area (Å²) >= 11 is 6.39. The van der Waals surface area contributed by atoms with E-state index in [-0.39, 0.29) is 11.3 Å². The predicted molar refractivity (Wildman–Crippen MR) is 87.7 cm³/mol. The van der Waals surface area contributed by atoms with Crippen LogP contribution in [0.25, 0.3) is 0 Å². The monoisotopic (exact) mass is 300 g/mol. The number of aryl methyl sites for hydroxylation is 2. The molecule has 2 aromatic carbocycles. The van der Waals surface area contributed by atoms with Gasteiger partial charge in [-0.05, 0) is 30.9 Å². The third-order valence-corrected chi connectivity index (χ3v) is 5.41. The Labute approximate surface area is 131 Å². The van der Waals surface area contributed by atoms with Crippen LogP contribution < -0.4 is 0 Å². The Bertz CT molecular complexity index is 576. The van der Waals surface area contributed by atoms with E-state index in [4.69, 9.17) is 11.6 Å². The van der Waals surface area contributed by atoms with Gasteiger partial charge in [-0.25, -0.2) is 0 Å². The average Bonchev–Trinajstić information content (AvgIpc) is 3.07. The standard InChI is InChI=1S/C19H21ClO/c1-12-4-8-15(9-5-12)19(21,17-14(3)18(17)20)16-10-6-13(2)7-11-16/h4-11,14,17-18,21H,1-3H3/t14-,17-,18-/m1/s1. The molecule has 1 aliphatic rings. The summed E-state index contributed by atoms with van der Waals surface area (Å²) in [5.41, 5.74) is 3.23. The Morgan fingerprint density at radius 1 is 0.857 bits per heavy atom. The van der Waals surface area contributed by atoms with E-state index in [0.717, 1.165) is 11.1 Å². The molecule has 1 fully saturated rings. The topological polar surface area (TPSA) is 20.2 Å². The Morgan fingerprint density at radius 2 is 1.19 bits per heavy atom. The highest BCUT2D eigenvalue weighted by Gasteiger charge is 2.59. The number of hydrogen-bond acceptors (Lipinski definition) is 1. The lowest BCUT2D eigenvalue weighted by Crippen LogP contribution is -2.31. The summed E-state index contributed by atoms with van der Waals surface area (Å²) in [4.78, 5) is 0. The minimum Gasteiger partial charge on any atom is -0.380 e. The van der Waals surface area contributed by atoms with Gasteiger partial charge in [-0.2, -0.15) is 0 Å². The molecule has 0 unspecified atom stereocenters. The van der Waals surface area contributed by atoms with Crippen LogP contribution in [-0.4, -0.2) is 10.5 Å². The van der Waals surface area contributed by atoms with E-state index in [9.17, 15) is 5.11 Å². The summed E-state index contributed by atoms with van der Waals surface area (Å²) in [6.45, 7) is 6.22. The molecule has 2 heteroatoms. The molecule has 0 spiro atoms.